The Morgan fingerprint density at radius 3 is 2.71 bits per heavy atom. The Kier molecular flexibility index (Phi) is 4.62. The number of benzene rings is 1. The van der Waals surface area contributed by atoms with Crippen molar-refractivity contribution in [1.82, 2.24) is 4.90 Å². The van der Waals surface area contributed by atoms with Gasteiger partial charge in [-0.3, -0.25) is 4.79 Å². The zero-order valence-corrected chi connectivity index (χ0v) is 11.0. The highest BCUT2D eigenvalue weighted by Crippen LogP contribution is 2.16. The Bertz CT molecular complexity index is 450. The number of likely N-dealkylation sites (N-methyl/N-ethyl adjacent to an activating group) is 1. The van der Waals surface area contributed by atoms with Crippen LogP contribution in [0.15, 0.2) is 22.7 Å². The second-order valence-electron chi connectivity index (χ2n) is 3.39. The van der Waals surface area contributed by atoms with Crippen molar-refractivity contribution < 1.29 is 18.7 Å². The molecule has 0 bridgehead atoms. The van der Waals surface area contributed by atoms with Crippen molar-refractivity contribution in [1.29, 1.82) is 0 Å². The first-order valence-corrected chi connectivity index (χ1v) is 5.52. The molecule has 0 spiro atoms. The summed E-state index contributed by atoms with van der Waals surface area (Å²) in [6.45, 7) is -0.000787. The zero-order chi connectivity index (χ0) is 13.0. The third-order valence-electron chi connectivity index (χ3n) is 2.12. The van der Waals surface area contributed by atoms with E-state index >= 15 is 0 Å². The van der Waals surface area contributed by atoms with E-state index < -0.39 is 17.7 Å². The first kappa shape index (κ1) is 13.6. The van der Waals surface area contributed by atoms with E-state index in [-0.39, 0.29) is 6.54 Å². The van der Waals surface area contributed by atoms with E-state index in [9.17, 15) is 14.0 Å². The molecule has 1 rings (SSSR count). The Morgan fingerprint density at radius 1 is 1.47 bits per heavy atom. The van der Waals surface area contributed by atoms with Gasteiger partial charge in [0, 0.05) is 23.6 Å². The lowest BCUT2D eigenvalue weighted by Gasteiger charge is -2.16. The lowest BCUT2D eigenvalue weighted by Crippen LogP contribution is -2.33. The number of hydrogen-bond acceptors (Lipinski definition) is 3. The first-order chi connectivity index (χ1) is 7.95. The fourth-order valence-corrected chi connectivity index (χ4v) is 1.64. The summed E-state index contributed by atoms with van der Waals surface area (Å²) in [5.74, 6) is -2.22. The van der Waals surface area contributed by atoms with E-state index in [1.807, 2.05) is 0 Å². The monoisotopic (exact) mass is 303 g/mol. The number of rotatable bonds is 2. The van der Waals surface area contributed by atoms with Crippen molar-refractivity contribution >= 4 is 27.8 Å². The van der Waals surface area contributed by atoms with Gasteiger partial charge in [0.05, 0.1) is 7.11 Å². The predicted octanol–water partition coefficient (Wildman–Crippen LogP) is 1.72. The number of methoxy groups -OCH3 is 1. The highest BCUT2D eigenvalue weighted by atomic mass is 79.9. The van der Waals surface area contributed by atoms with Gasteiger partial charge in [-0.05, 0) is 18.2 Å². The van der Waals surface area contributed by atoms with E-state index in [1.54, 1.807) is 12.1 Å². The minimum Gasteiger partial charge on any atom is -0.462 e. The molecule has 1 amide bonds. The Labute approximate surface area is 106 Å². The molecule has 1 aromatic rings. The summed E-state index contributed by atoms with van der Waals surface area (Å²) in [6.07, 6.45) is 0. The van der Waals surface area contributed by atoms with Crippen molar-refractivity contribution in [2.24, 2.45) is 0 Å². The first-order valence-electron chi connectivity index (χ1n) is 4.73. The minimum atomic E-state index is -0.970. The highest BCUT2D eigenvalue weighted by molar-refractivity contribution is 9.10. The van der Waals surface area contributed by atoms with Crippen LogP contribution in [0.3, 0.4) is 0 Å². The summed E-state index contributed by atoms with van der Waals surface area (Å²) in [5, 5.41) is 0. The zero-order valence-electron chi connectivity index (χ0n) is 9.37. The van der Waals surface area contributed by atoms with Gasteiger partial charge in [-0.2, -0.15) is 0 Å². The minimum absolute atomic E-state index is 0.000787. The van der Waals surface area contributed by atoms with Gasteiger partial charge in [0.25, 0.3) is 0 Å². The SMILES string of the molecule is COC(=O)C(=O)N(C)Cc1cc(Br)ccc1F. The van der Waals surface area contributed by atoms with Crippen LogP contribution in [0.25, 0.3) is 0 Å². The van der Waals surface area contributed by atoms with Crippen LogP contribution in [-0.4, -0.2) is 30.9 Å². The summed E-state index contributed by atoms with van der Waals surface area (Å²) in [6, 6.07) is 4.40. The normalized spacial score (nSPS) is 9.88. The van der Waals surface area contributed by atoms with Crippen LogP contribution in [0.2, 0.25) is 0 Å². The van der Waals surface area contributed by atoms with Crippen molar-refractivity contribution in [3.63, 3.8) is 0 Å². The van der Waals surface area contributed by atoms with Crippen LogP contribution in [0, 0.1) is 5.82 Å². The largest absolute Gasteiger partial charge is 0.462 e. The van der Waals surface area contributed by atoms with Crippen molar-refractivity contribution in [2.75, 3.05) is 14.2 Å². The molecule has 0 aliphatic rings. The maximum atomic E-state index is 13.4. The summed E-state index contributed by atoms with van der Waals surface area (Å²) in [7, 11) is 2.52. The van der Waals surface area contributed by atoms with Crippen LogP contribution in [0.1, 0.15) is 5.56 Å². The fraction of sp³-hybridized carbons (Fsp3) is 0.273. The lowest BCUT2D eigenvalue weighted by molar-refractivity contribution is -0.157. The van der Waals surface area contributed by atoms with Crippen LogP contribution in [0.5, 0.6) is 0 Å². The molecule has 0 atom stereocenters. The highest BCUT2D eigenvalue weighted by Gasteiger charge is 2.20. The van der Waals surface area contributed by atoms with Gasteiger partial charge in [-0.15, -0.1) is 0 Å². The van der Waals surface area contributed by atoms with Gasteiger partial charge in [-0.25, -0.2) is 9.18 Å². The number of nitrogens with zero attached hydrogens (tertiary/aromatic N) is 1. The maximum Gasteiger partial charge on any atom is 0.396 e. The summed E-state index contributed by atoms with van der Waals surface area (Å²) in [5.41, 5.74) is 0.319. The van der Waals surface area contributed by atoms with E-state index in [4.69, 9.17) is 0 Å². The molecule has 0 aromatic heterocycles. The van der Waals surface area contributed by atoms with Gasteiger partial charge >= 0.3 is 11.9 Å². The average molecular weight is 304 g/mol. The topological polar surface area (TPSA) is 46.6 Å². The fourth-order valence-electron chi connectivity index (χ4n) is 1.23. The molecule has 0 N–H and O–H groups in total. The number of carbonyl (C=O) groups is 2. The number of amides is 1. The van der Waals surface area contributed by atoms with E-state index in [2.05, 4.69) is 20.7 Å². The summed E-state index contributed by atoms with van der Waals surface area (Å²) < 4.78 is 18.4. The molecular formula is C11H11BrFNO3. The third-order valence-corrected chi connectivity index (χ3v) is 2.62. The van der Waals surface area contributed by atoms with Crippen molar-refractivity contribution in [3.8, 4) is 0 Å². The molecule has 0 saturated carbocycles. The van der Waals surface area contributed by atoms with Crippen LogP contribution >= 0.6 is 15.9 Å². The number of hydrogen-bond donors (Lipinski definition) is 0. The maximum absolute atomic E-state index is 13.4. The number of carbonyl (C=O) groups excluding carboxylic acids is 2. The number of ether oxygens (including phenoxy) is 1. The molecule has 0 saturated heterocycles. The van der Waals surface area contributed by atoms with Gasteiger partial charge in [-0.1, -0.05) is 15.9 Å². The van der Waals surface area contributed by atoms with Crippen molar-refractivity contribution in [2.45, 2.75) is 6.54 Å². The van der Waals surface area contributed by atoms with Gasteiger partial charge < -0.3 is 9.64 Å². The number of esters is 1. The molecule has 0 aliphatic heterocycles. The molecule has 1 aromatic carbocycles. The molecule has 0 heterocycles. The Morgan fingerprint density at radius 2 is 2.12 bits per heavy atom. The number of halogens is 2. The lowest BCUT2D eigenvalue weighted by atomic mass is 10.2. The standard InChI is InChI=1S/C11H11BrFNO3/c1-14(10(15)11(16)17-2)6-7-5-8(12)3-4-9(7)13/h3-5H,6H2,1-2H3. The van der Waals surface area contributed by atoms with Gasteiger partial charge in [0.2, 0.25) is 0 Å². The van der Waals surface area contributed by atoms with Crippen molar-refractivity contribution in [3.05, 3.63) is 34.1 Å². The van der Waals surface area contributed by atoms with Crippen LogP contribution < -0.4 is 0 Å². The van der Waals surface area contributed by atoms with Gasteiger partial charge in [0.1, 0.15) is 5.82 Å². The molecule has 0 fully saturated rings. The molecular weight excluding hydrogens is 293 g/mol. The van der Waals surface area contributed by atoms with E-state index in [0.717, 1.165) is 12.0 Å². The van der Waals surface area contributed by atoms with Crippen LogP contribution in [0.4, 0.5) is 4.39 Å². The average Bonchev–Trinajstić information content (AvgIpc) is 2.31. The molecule has 4 nitrogen and oxygen atoms in total. The second kappa shape index (κ2) is 5.77. The third kappa shape index (κ3) is 3.52. The van der Waals surface area contributed by atoms with E-state index in [0.29, 0.717) is 10.0 Å². The second-order valence-corrected chi connectivity index (χ2v) is 4.30. The molecule has 6 heteroatoms. The summed E-state index contributed by atoms with van der Waals surface area (Å²) >= 11 is 3.20. The Balaban J connectivity index is 2.80. The molecule has 17 heavy (non-hydrogen) atoms. The molecule has 0 aliphatic carbocycles. The smallest absolute Gasteiger partial charge is 0.396 e. The molecule has 92 valence electrons. The van der Waals surface area contributed by atoms with Crippen LogP contribution in [-0.2, 0) is 20.9 Å². The Hall–Kier alpha value is -1.43. The quantitative estimate of drug-likeness (QED) is 0.617. The van der Waals surface area contributed by atoms with E-state index in [1.165, 1.54) is 13.1 Å². The summed E-state index contributed by atoms with van der Waals surface area (Å²) in [4.78, 5) is 23.5. The molecule has 0 unspecified atom stereocenters. The van der Waals surface area contributed by atoms with Gasteiger partial charge in [0.15, 0.2) is 0 Å². The predicted molar refractivity (Wildman–Crippen MR) is 62.6 cm³/mol. The molecule has 0 radical (unpaired) electrons.